The van der Waals surface area contributed by atoms with E-state index in [2.05, 4.69) is 16.6 Å². The van der Waals surface area contributed by atoms with Crippen molar-refractivity contribution in [1.29, 1.82) is 0 Å². The van der Waals surface area contributed by atoms with Crippen LogP contribution in [0.2, 0.25) is 10.0 Å². The first-order valence-corrected chi connectivity index (χ1v) is 11.7. The van der Waals surface area contributed by atoms with Crippen LogP contribution in [-0.4, -0.2) is 49.1 Å². The zero-order valence-corrected chi connectivity index (χ0v) is 23.7. The average molecular weight is 588 g/mol. The number of rotatable bonds is 5. The van der Waals surface area contributed by atoms with Gasteiger partial charge >= 0.3 is 0 Å². The normalized spacial score (nSPS) is 17.5. The van der Waals surface area contributed by atoms with E-state index in [1.165, 1.54) is 24.7 Å². The van der Waals surface area contributed by atoms with E-state index in [9.17, 15) is 13.2 Å². The molecule has 3 rings (SSSR count). The van der Waals surface area contributed by atoms with Crippen molar-refractivity contribution in [3.05, 3.63) is 58.1 Å². The molecule has 0 unspecified atom stereocenters. The first kappa shape index (κ1) is 29.8. The van der Waals surface area contributed by atoms with Gasteiger partial charge in [0.1, 0.15) is 0 Å². The number of hydrogen-bond acceptors (Lipinski definition) is 7. The van der Waals surface area contributed by atoms with Gasteiger partial charge in [-0.2, -0.15) is 0 Å². The van der Waals surface area contributed by atoms with E-state index in [1.54, 1.807) is 11.8 Å². The second kappa shape index (κ2) is 14.3. The predicted molar refractivity (Wildman–Crippen MR) is 125 cm³/mol. The molecule has 2 aromatic carbocycles. The maximum Gasteiger partial charge on any atom is 0.254 e. The summed E-state index contributed by atoms with van der Waals surface area (Å²) in [6.45, 7) is 8.71. The van der Waals surface area contributed by atoms with Gasteiger partial charge in [-0.1, -0.05) is 52.8 Å². The fourth-order valence-corrected chi connectivity index (χ4v) is 4.39. The van der Waals surface area contributed by atoms with Gasteiger partial charge in [0.05, 0.1) is 0 Å². The van der Waals surface area contributed by atoms with Crippen molar-refractivity contribution in [2.24, 2.45) is 0 Å². The zero-order chi connectivity index (χ0) is 23.8. The van der Waals surface area contributed by atoms with Crippen LogP contribution >= 0.6 is 23.2 Å². The maximum absolute atomic E-state index is 13.0. The number of nitrogens with zero attached hydrogens (tertiary/aromatic N) is 2. The molecule has 0 saturated carbocycles. The molecule has 1 aliphatic rings. The fourth-order valence-electron chi connectivity index (χ4n) is 3.44. The van der Waals surface area contributed by atoms with Crippen molar-refractivity contribution >= 4 is 52.0 Å². The third kappa shape index (κ3) is 7.93. The second-order valence-electron chi connectivity index (χ2n) is 7.05. The largest absolute Gasteiger partial charge is 0.653 e. The number of anilines is 1. The molecular weight excluding hydrogens is 564 g/mol. The average Bonchev–Trinajstić information content (AvgIpc) is 2.76. The molecule has 0 spiro atoms. The summed E-state index contributed by atoms with van der Waals surface area (Å²) in [5.74, 6) is -0.162. The van der Waals surface area contributed by atoms with Crippen molar-refractivity contribution in [1.82, 2.24) is 4.90 Å². The molecule has 1 saturated heterocycles. The summed E-state index contributed by atoms with van der Waals surface area (Å²) in [7, 11) is -2.43. The van der Waals surface area contributed by atoms with Crippen molar-refractivity contribution in [3.63, 3.8) is 0 Å². The molecule has 33 heavy (non-hydrogen) atoms. The van der Waals surface area contributed by atoms with E-state index >= 15 is 0 Å². The number of halogens is 2. The third-order valence-corrected chi connectivity index (χ3v) is 6.60. The molecule has 1 fully saturated rings. The van der Waals surface area contributed by atoms with Crippen LogP contribution in [0.4, 0.5) is 5.69 Å². The van der Waals surface area contributed by atoms with Crippen molar-refractivity contribution in [2.75, 3.05) is 24.6 Å². The van der Waals surface area contributed by atoms with Crippen molar-refractivity contribution < 1.29 is 55.5 Å². The Balaban J connectivity index is 0.000000821. The number of piperazine rings is 1. The van der Waals surface area contributed by atoms with Crippen LogP contribution in [0, 0.1) is 0 Å². The molecular formula is C22H24Cl2N2O5SY-2. The van der Waals surface area contributed by atoms with Crippen molar-refractivity contribution in [3.8, 4) is 0 Å². The quantitative estimate of drug-likeness (QED) is 0.379. The monoisotopic (exact) mass is 587 g/mol. The minimum Gasteiger partial charge on any atom is -0.653 e. The van der Waals surface area contributed by atoms with Crippen LogP contribution in [0.25, 0.3) is 0 Å². The Kier molecular flexibility index (Phi) is 12.9. The number of amides is 1. The molecule has 1 radical (unpaired) electrons. The summed E-state index contributed by atoms with van der Waals surface area (Å²) in [4.78, 5) is 26.0. The van der Waals surface area contributed by atoms with Gasteiger partial charge in [0.25, 0.3) is 5.91 Å². The Bertz CT molecular complexity index is 1030. The second-order valence-corrected chi connectivity index (χ2v) is 8.80. The van der Waals surface area contributed by atoms with Crippen LogP contribution in [0.15, 0.2) is 47.4 Å². The molecule has 1 heterocycles. The van der Waals surface area contributed by atoms with Gasteiger partial charge in [-0.05, 0) is 55.7 Å². The SMILES string of the molecule is CCO[C-]=O.C[C@H]1[C@H](C)N(c2cccc(Cl)c2)CCN1C(=O)c1ccc([S-](=O)=O)c(Cl)c1.[Y]. The molecule has 2 atom stereocenters. The Morgan fingerprint density at radius 2 is 1.82 bits per heavy atom. The Hall–Kier alpha value is -1.19. The molecule has 1 amide bonds. The van der Waals surface area contributed by atoms with E-state index in [0.717, 1.165) is 5.69 Å². The maximum atomic E-state index is 13.0. The summed E-state index contributed by atoms with van der Waals surface area (Å²) in [5, 5.41) is 0.726. The number of hydrogen-bond donors (Lipinski definition) is 0. The molecule has 0 bridgehead atoms. The summed E-state index contributed by atoms with van der Waals surface area (Å²) < 4.78 is 26.2. The third-order valence-electron chi connectivity index (χ3n) is 5.23. The Morgan fingerprint density at radius 1 is 1.12 bits per heavy atom. The van der Waals surface area contributed by atoms with E-state index in [-0.39, 0.29) is 60.6 Å². The summed E-state index contributed by atoms with van der Waals surface area (Å²) in [6, 6.07) is 12.0. The Labute approximate surface area is 231 Å². The van der Waals surface area contributed by atoms with Gasteiger partial charge in [0, 0.05) is 85.8 Å². The first-order chi connectivity index (χ1) is 15.2. The predicted octanol–water partition coefficient (Wildman–Crippen LogP) is 4.49. The molecule has 177 valence electrons. The molecule has 0 aliphatic carbocycles. The minimum absolute atomic E-state index is 0. The first-order valence-electron chi connectivity index (χ1n) is 9.92. The molecule has 0 aromatic heterocycles. The molecule has 2 aromatic rings. The van der Waals surface area contributed by atoms with Crippen LogP contribution in [0.5, 0.6) is 0 Å². The van der Waals surface area contributed by atoms with Crippen LogP contribution < -0.4 is 4.90 Å². The van der Waals surface area contributed by atoms with Crippen LogP contribution in [0.3, 0.4) is 0 Å². The smallest absolute Gasteiger partial charge is 0.254 e. The van der Waals surface area contributed by atoms with Crippen LogP contribution in [-0.2, 0) is 61.4 Å². The molecule has 0 N–H and O–H groups in total. The molecule has 1 aliphatic heterocycles. The number of carbonyl (C=O) groups is 1. The van der Waals surface area contributed by atoms with Crippen LogP contribution in [0.1, 0.15) is 31.1 Å². The molecule has 11 heteroatoms. The zero-order valence-electron chi connectivity index (χ0n) is 18.5. The number of ether oxygens (including phenoxy) is 1. The summed E-state index contributed by atoms with van der Waals surface area (Å²) in [6.07, 6.45) is 0. The van der Waals surface area contributed by atoms with E-state index in [4.69, 9.17) is 28.0 Å². The van der Waals surface area contributed by atoms with Crippen molar-refractivity contribution in [2.45, 2.75) is 37.8 Å². The van der Waals surface area contributed by atoms with E-state index < -0.39 is 10.7 Å². The fraction of sp³-hybridized carbons (Fsp3) is 0.364. The van der Waals surface area contributed by atoms with Gasteiger partial charge < -0.3 is 27.7 Å². The number of carbonyl (C=O) groups excluding carboxylic acids is 2. The van der Waals surface area contributed by atoms with E-state index in [1.807, 2.05) is 31.2 Å². The van der Waals surface area contributed by atoms with Gasteiger partial charge in [0.15, 0.2) is 0 Å². The van der Waals surface area contributed by atoms with Gasteiger partial charge in [-0.25, -0.2) is 0 Å². The van der Waals surface area contributed by atoms with Gasteiger partial charge in [-0.3, -0.25) is 4.79 Å². The number of benzene rings is 2. The van der Waals surface area contributed by atoms with Gasteiger partial charge in [-0.15, -0.1) is 0 Å². The van der Waals surface area contributed by atoms with Gasteiger partial charge in [0.2, 0.25) is 0 Å². The standard InChI is InChI=1S/C19H19Cl2N2O3S.C3H5O2.Y/c1-12-13(2)23(9-8-22(12)16-5-3-4-15(20)11-16)19(24)14-6-7-18(27(25)26)17(21)10-14;1-2-5-3-4;/h3-7,10-13H,8-9H2,1-2H3;2H2,1H3;/q2*-1;/t12-,13-;;/m0../s1. The topological polar surface area (TPSA) is 84.0 Å². The Morgan fingerprint density at radius 3 is 2.33 bits per heavy atom. The summed E-state index contributed by atoms with van der Waals surface area (Å²) in [5.41, 5.74) is 1.41. The molecule has 7 nitrogen and oxygen atoms in total. The minimum atomic E-state index is -2.43. The van der Waals surface area contributed by atoms with E-state index in [0.29, 0.717) is 30.3 Å². The summed E-state index contributed by atoms with van der Waals surface area (Å²) >= 11 is 12.1.